The van der Waals surface area contributed by atoms with E-state index in [2.05, 4.69) is 12.1 Å². The first kappa shape index (κ1) is 10.1. The van der Waals surface area contributed by atoms with Crippen molar-refractivity contribution in [1.29, 1.82) is 0 Å². The van der Waals surface area contributed by atoms with Crippen molar-refractivity contribution in [2.45, 2.75) is 0 Å². The first-order chi connectivity index (χ1) is 7.31. The van der Waals surface area contributed by atoms with E-state index in [0.29, 0.717) is 10.8 Å². The predicted molar refractivity (Wildman–Crippen MR) is 63.4 cm³/mol. The molecule has 2 rings (SSSR count). The van der Waals surface area contributed by atoms with Crippen LogP contribution in [0, 0.1) is 0 Å². The third kappa shape index (κ3) is 2.13. The van der Waals surface area contributed by atoms with Gasteiger partial charge in [0.25, 0.3) is 0 Å². The van der Waals surface area contributed by atoms with Crippen molar-refractivity contribution in [1.82, 2.24) is 0 Å². The van der Waals surface area contributed by atoms with Crippen molar-refractivity contribution in [3.05, 3.63) is 53.6 Å². The Hall–Kier alpha value is -1.47. The summed E-state index contributed by atoms with van der Waals surface area (Å²) in [5.41, 5.74) is 2.25. The molecule has 0 atom stereocenters. The predicted octanol–water partition coefficient (Wildman–Crippen LogP) is 4.02. The van der Waals surface area contributed by atoms with Crippen LogP contribution in [-0.2, 0) is 0 Å². The van der Waals surface area contributed by atoms with Gasteiger partial charge in [0, 0.05) is 0 Å². The third-order valence-electron chi connectivity index (χ3n) is 2.26. The average Bonchev–Trinajstić information content (AvgIpc) is 2.30. The van der Waals surface area contributed by atoms with Gasteiger partial charge in [-0.1, -0.05) is 48.0 Å². The summed E-state index contributed by atoms with van der Waals surface area (Å²) >= 11 is 6.05. The molecule has 0 heterocycles. The zero-order valence-corrected chi connectivity index (χ0v) is 9.16. The van der Waals surface area contributed by atoms with Crippen molar-refractivity contribution >= 4 is 11.6 Å². The molecule has 2 aromatic rings. The van der Waals surface area contributed by atoms with Crippen LogP contribution in [0.1, 0.15) is 0 Å². The van der Waals surface area contributed by atoms with Gasteiger partial charge in [-0.2, -0.15) is 0 Å². The number of ether oxygens (including phenoxy) is 1. The SMILES string of the molecule is COc1ccc(-c2ccccc2)cc1Cl. The lowest BCUT2D eigenvalue weighted by molar-refractivity contribution is 0.415. The van der Waals surface area contributed by atoms with Gasteiger partial charge in [0.2, 0.25) is 0 Å². The summed E-state index contributed by atoms with van der Waals surface area (Å²) in [6.45, 7) is 0. The van der Waals surface area contributed by atoms with E-state index in [1.54, 1.807) is 7.11 Å². The van der Waals surface area contributed by atoms with E-state index in [1.807, 2.05) is 36.4 Å². The standard InChI is InChI=1S/C13H11ClO/c1-15-13-8-7-11(9-12(13)14)10-5-3-2-4-6-10/h2-9H,1H3. The summed E-state index contributed by atoms with van der Waals surface area (Å²) in [6, 6.07) is 15.9. The topological polar surface area (TPSA) is 9.23 Å². The van der Waals surface area contributed by atoms with Gasteiger partial charge in [-0.25, -0.2) is 0 Å². The quantitative estimate of drug-likeness (QED) is 0.740. The minimum atomic E-state index is 0.638. The average molecular weight is 219 g/mol. The fraction of sp³-hybridized carbons (Fsp3) is 0.0769. The van der Waals surface area contributed by atoms with Gasteiger partial charge < -0.3 is 4.74 Å². The van der Waals surface area contributed by atoms with Gasteiger partial charge >= 0.3 is 0 Å². The highest BCUT2D eigenvalue weighted by molar-refractivity contribution is 6.32. The number of methoxy groups -OCH3 is 1. The second kappa shape index (κ2) is 4.37. The van der Waals surface area contributed by atoms with Crippen LogP contribution >= 0.6 is 11.6 Å². The van der Waals surface area contributed by atoms with Gasteiger partial charge in [-0.3, -0.25) is 0 Å². The lowest BCUT2D eigenvalue weighted by Gasteiger charge is -2.05. The molecule has 15 heavy (non-hydrogen) atoms. The molecular formula is C13H11ClO. The first-order valence-electron chi connectivity index (χ1n) is 4.70. The maximum Gasteiger partial charge on any atom is 0.137 e. The summed E-state index contributed by atoms with van der Waals surface area (Å²) in [5.74, 6) is 0.705. The number of halogens is 1. The van der Waals surface area contributed by atoms with Gasteiger partial charge in [0.1, 0.15) is 5.75 Å². The molecule has 0 bridgehead atoms. The van der Waals surface area contributed by atoms with E-state index in [-0.39, 0.29) is 0 Å². The molecule has 0 amide bonds. The molecule has 0 saturated carbocycles. The number of rotatable bonds is 2. The Morgan fingerprint density at radius 2 is 1.67 bits per heavy atom. The monoisotopic (exact) mass is 218 g/mol. The summed E-state index contributed by atoms with van der Waals surface area (Å²) in [6.07, 6.45) is 0. The Bertz CT molecular complexity index is 451. The van der Waals surface area contributed by atoms with Crippen LogP contribution in [-0.4, -0.2) is 7.11 Å². The van der Waals surface area contributed by atoms with E-state index in [4.69, 9.17) is 16.3 Å². The Morgan fingerprint density at radius 3 is 2.27 bits per heavy atom. The van der Waals surface area contributed by atoms with Crippen molar-refractivity contribution in [3.63, 3.8) is 0 Å². The van der Waals surface area contributed by atoms with Crippen molar-refractivity contribution in [2.75, 3.05) is 7.11 Å². The lowest BCUT2D eigenvalue weighted by atomic mass is 10.1. The minimum Gasteiger partial charge on any atom is -0.495 e. The smallest absolute Gasteiger partial charge is 0.137 e. The van der Waals surface area contributed by atoms with E-state index >= 15 is 0 Å². The number of hydrogen-bond donors (Lipinski definition) is 0. The van der Waals surface area contributed by atoms with Crippen LogP contribution < -0.4 is 4.74 Å². The molecule has 0 aromatic heterocycles. The van der Waals surface area contributed by atoms with E-state index < -0.39 is 0 Å². The Balaban J connectivity index is 2.43. The van der Waals surface area contributed by atoms with Crippen molar-refractivity contribution in [3.8, 4) is 16.9 Å². The maximum atomic E-state index is 6.05. The summed E-state index contributed by atoms with van der Waals surface area (Å²) < 4.78 is 5.10. The summed E-state index contributed by atoms with van der Waals surface area (Å²) in [4.78, 5) is 0. The first-order valence-corrected chi connectivity index (χ1v) is 5.08. The molecule has 0 saturated heterocycles. The molecule has 76 valence electrons. The van der Waals surface area contributed by atoms with Crippen LogP contribution in [0.2, 0.25) is 5.02 Å². The molecule has 2 aromatic carbocycles. The third-order valence-corrected chi connectivity index (χ3v) is 2.55. The molecule has 0 aliphatic carbocycles. The van der Waals surface area contributed by atoms with Crippen molar-refractivity contribution < 1.29 is 4.74 Å². The molecule has 1 nitrogen and oxygen atoms in total. The van der Waals surface area contributed by atoms with Crippen molar-refractivity contribution in [2.24, 2.45) is 0 Å². The summed E-state index contributed by atoms with van der Waals surface area (Å²) in [5, 5.41) is 0.638. The molecule has 0 N–H and O–H groups in total. The molecule has 0 spiro atoms. The highest BCUT2D eigenvalue weighted by Gasteiger charge is 2.02. The maximum absolute atomic E-state index is 6.05. The zero-order valence-electron chi connectivity index (χ0n) is 8.41. The summed E-state index contributed by atoms with van der Waals surface area (Å²) in [7, 11) is 1.61. The van der Waals surface area contributed by atoms with Gasteiger partial charge in [0.15, 0.2) is 0 Å². The van der Waals surface area contributed by atoms with E-state index in [0.717, 1.165) is 11.1 Å². The second-order valence-electron chi connectivity index (χ2n) is 3.22. The lowest BCUT2D eigenvalue weighted by Crippen LogP contribution is -1.84. The molecular weight excluding hydrogens is 208 g/mol. The normalized spacial score (nSPS) is 10.0. The Morgan fingerprint density at radius 1 is 0.933 bits per heavy atom. The molecule has 0 aliphatic rings. The fourth-order valence-corrected chi connectivity index (χ4v) is 1.73. The Labute approximate surface area is 94.3 Å². The van der Waals surface area contributed by atoms with Crippen LogP contribution in [0.4, 0.5) is 0 Å². The highest BCUT2D eigenvalue weighted by atomic mass is 35.5. The van der Waals surface area contributed by atoms with Crippen LogP contribution in [0.25, 0.3) is 11.1 Å². The van der Waals surface area contributed by atoms with E-state index in [1.165, 1.54) is 0 Å². The minimum absolute atomic E-state index is 0.638. The van der Waals surface area contributed by atoms with Gasteiger partial charge in [0.05, 0.1) is 12.1 Å². The Kier molecular flexibility index (Phi) is 2.93. The molecule has 2 heteroatoms. The van der Waals surface area contributed by atoms with Crippen LogP contribution in [0.15, 0.2) is 48.5 Å². The molecule has 0 unspecified atom stereocenters. The van der Waals surface area contributed by atoms with Gasteiger partial charge in [-0.15, -0.1) is 0 Å². The number of hydrogen-bond acceptors (Lipinski definition) is 1. The largest absolute Gasteiger partial charge is 0.495 e. The molecule has 0 aliphatic heterocycles. The van der Waals surface area contributed by atoms with Crippen LogP contribution in [0.3, 0.4) is 0 Å². The van der Waals surface area contributed by atoms with Gasteiger partial charge in [-0.05, 0) is 23.3 Å². The fourth-order valence-electron chi connectivity index (χ4n) is 1.48. The second-order valence-corrected chi connectivity index (χ2v) is 3.62. The van der Waals surface area contributed by atoms with Crippen LogP contribution in [0.5, 0.6) is 5.75 Å². The molecule has 0 radical (unpaired) electrons. The zero-order chi connectivity index (χ0) is 10.7. The molecule has 0 fully saturated rings. The highest BCUT2D eigenvalue weighted by Crippen LogP contribution is 2.29. The number of benzene rings is 2. The van der Waals surface area contributed by atoms with E-state index in [9.17, 15) is 0 Å².